The van der Waals surface area contributed by atoms with E-state index in [2.05, 4.69) is 29.7 Å². The SMILES string of the molecule is CCCCCCCCCCc1[nH]cc[n+]1C.O=S(=O)([O-])C(F)(F)F. The zero-order chi connectivity index (χ0) is 18.6. The lowest BCUT2D eigenvalue weighted by molar-refractivity contribution is -0.677. The van der Waals surface area contributed by atoms with Gasteiger partial charge in [-0.3, -0.25) is 0 Å². The summed E-state index contributed by atoms with van der Waals surface area (Å²) in [5, 5.41) is 0. The predicted molar refractivity (Wildman–Crippen MR) is 84.0 cm³/mol. The fraction of sp³-hybridized carbons (Fsp3) is 0.800. The lowest BCUT2D eigenvalue weighted by Crippen LogP contribution is -2.30. The van der Waals surface area contributed by atoms with Crippen LogP contribution in [0.15, 0.2) is 12.4 Å². The Kier molecular flexibility index (Phi) is 10.9. The maximum absolute atomic E-state index is 10.7. The maximum atomic E-state index is 10.7. The predicted octanol–water partition coefficient (Wildman–Crippen LogP) is 3.57. The standard InChI is InChI=1S/C14H26N2.CHF3O3S/c1-3-4-5-6-7-8-9-10-11-14-15-12-13-16(14)2;2-1(3,4)8(5,6)7/h12-13H,3-11H2,1-2H3;(H,5,6,7). The molecule has 1 aromatic heterocycles. The van der Waals surface area contributed by atoms with Crippen molar-refractivity contribution in [2.45, 2.75) is 70.2 Å². The van der Waals surface area contributed by atoms with Crippen LogP contribution in [0, 0.1) is 0 Å². The topological polar surface area (TPSA) is 76.9 Å². The number of hydrogen-bond acceptors (Lipinski definition) is 3. The van der Waals surface area contributed by atoms with E-state index in [0.29, 0.717) is 0 Å². The molecule has 5 nitrogen and oxygen atoms in total. The molecular formula is C15H27F3N2O3S. The van der Waals surface area contributed by atoms with Crippen molar-refractivity contribution in [1.82, 2.24) is 4.98 Å². The third-order valence-corrected chi connectivity index (χ3v) is 4.09. The van der Waals surface area contributed by atoms with Gasteiger partial charge in [-0.05, 0) is 6.42 Å². The van der Waals surface area contributed by atoms with Gasteiger partial charge in [0, 0.05) is 6.42 Å². The second-order valence-electron chi connectivity index (χ2n) is 5.64. The third kappa shape index (κ3) is 10.6. The fourth-order valence-electron chi connectivity index (χ4n) is 2.11. The summed E-state index contributed by atoms with van der Waals surface area (Å²) in [4.78, 5) is 3.29. The Morgan fingerprint density at radius 2 is 1.54 bits per heavy atom. The molecule has 0 fully saturated rings. The number of unbranched alkanes of at least 4 members (excludes halogenated alkanes) is 7. The quantitative estimate of drug-likeness (QED) is 0.312. The third-order valence-electron chi connectivity index (χ3n) is 3.52. The maximum Gasteiger partial charge on any atom is 0.485 e. The average Bonchev–Trinajstić information content (AvgIpc) is 2.86. The molecule has 0 aliphatic carbocycles. The molecule has 24 heavy (non-hydrogen) atoms. The molecule has 0 atom stereocenters. The summed E-state index contributed by atoms with van der Waals surface area (Å²) in [6.07, 6.45) is 16.5. The van der Waals surface area contributed by atoms with Crippen molar-refractivity contribution < 1.29 is 30.7 Å². The summed E-state index contributed by atoms with van der Waals surface area (Å²) in [6.45, 7) is 2.27. The fourth-order valence-corrected chi connectivity index (χ4v) is 2.11. The van der Waals surface area contributed by atoms with Gasteiger partial charge in [-0.2, -0.15) is 13.2 Å². The van der Waals surface area contributed by atoms with Crippen LogP contribution >= 0.6 is 0 Å². The van der Waals surface area contributed by atoms with Crippen LogP contribution in [0.1, 0.15) is 64.1 Å². The number of H-pyrrole nitrogens is 1. The van der Waals surface area contributed by atoms with Gasteiger partial charge in [-0.1, -0.05) is 51.9 Å². The molecule has 0 aromatic carbocycles. The number of hydrogen-bond donors (Lipinski definition) is 1. The molecule has 1 heterocycles. The summed E-state index contributed by atoms with van der Waals surface area (Å²) < 4.78 is 61.1. The highest BCUT2D eigenvalue weighted by Gasteiger charge is 2.36. The van der Waals surface area contributed by atoms with Crippen LogP contribution < -0.4 is 4.57 Å². The number of aromatic amines is 1. The first-order valence-corrected chi connectivity index (χ1v) is 9.54. The smallest absolute Gasteiger partial charge is 0.485 e. The second-order valence-corrected chi connectivity index (χ2v) is 7.01. The van der Waals surface area contributed by atoms with Crippen molar-refractivity contribution >= 4 is 10.1 Å². The molecule has 0 spiro atoms. The van der Waals surface area contributed by atoms with Crippen LogP contribution in [-0.2, 0) is 23.6 Å². The van der Waals surface area contributed by atoms with Gasteiger partial charge in [0.25, 0.3) is 5.82 Å². The van der Waals surface area contributed by atoms with Gasteiger partial charge in [0.1, 0.15) is 12.4 Å². The van der Waals surface area contributed by atoms with Crippen LogP contribution in [-0.4, -0.2) is 23.5 Å². The molecule has 0 saturated carbocycles. The Bertz CT molecular complexity index is 542. The molecule has 0 aliphatic heterocycles. The van der Waals surface area contributed by atoms with Crippen LogP contribution in [0.3, 0.4) is 0 Å². The molecule has 0 bridgehead atoms. The lowest BCUT2D eigenvalue weighted by Gasteiger charge is -2.08. The van der Waals surface area contributed by atoms with Gasteiger partial charge < -0.3 is 4.55 Å². The average molecular weight is 372 g/mol. The summed E-state index contributed by atoms with van der Waals surface area (Å²) in [5.41, 5.74) is -5.65. The molecule has 9 heteroatoms. The molecular weight excluding hydrogens is 345 g/mol. The monoisotopic (exact) mass is 372 g/mol. The van der Waals surface area contributed by atoms with Crippen molar-refractivity contribution in [3.8, 4) is 0 Å². The molecule has 0 aliphatic rings. The van der Waals surface area contributed by atoms with E-state index in [1.807, 2.05) is 6.20 Å². The number of rotatable bonds is 9. The molecule has 0 radical (unpaired) electrons. The van der Waals surface area contributed by atoms with E-state index < -0.39 is 15.6 Å². The summed E-state index contributed by atoms with van der Waals surface area (Å²) in [7, 11) is -3.98. The Morgan fingerprint density at radius 3 is 1.92 bits per heavy atom. The van der Waals surface area contributed by atoms with Crippen molar-refractivity contribution in [2.75, 3.05) is 0 Å². The molecule has 1 aromatic rings. The molecule has 0 saturated heterocycles. The van der Waals surface area contributed by atoms with E-state index >= 15 is 0 Å². The molecule has 142 valence electrons. The Labute approximate surface area is 142 Å². The van der Waals surface area contributed by atoms with Crippen LogP contribution in [0.4, 0.5) is 13.2 Å². The van der Waals surface area contributed by atoms with Crippen molar-refractivity contribution in [2.24, 2.45) is 7.05 Å². The summed E-state index contributed by atoms with van der Waals surface area (Å²) >= 11 is 0. The highest BCUT2D eigenvalue weighted by Crippen LogP contribution is 2.20. The number of aryl methyl sites for hydroxylation is 2. The van der Waals surface area contributed by atoms with Crippen molar-refractivity contribution in [1.29, 1.82) is 0 Å². The zero-order valence-electron chi connectivity index (χ0n) is 14.2. The molecule has 0 unspecified atom stereocenters. The number of nitrogens with zero attached hydrogens (tertiary/aromatic N) is 1. The number of nitrogens with one attached hydrogen (secondary N) is 1. The van der Waals surface area contributed by atoms with Gasteiger partial charge in [-0.25, -0.2) is 18.0 Å². The Hall–Kier alpha value is -1.09. The van der Waals surface area contributed by atoms with E-state index in [9.17, 15) is 13.2 Å². The van der Waals surface area contributed by atoms with Crippen LogP contribution in [0.25, 0.3) is 0 Å². The first kappa shape index (κ1) is 22.9. The molecule has 1 N–H and O–H groups in total. The zero-order valence-corrected chi connectivity index (χ0v) is 15.0. The molecule has 0 amide bonds. The van der Waals surface area contributed by atoms with E-state index in [1.165, 1.54) is 63.6 Å². The van der Waals surface area contributed by atoms with Crippen molar-refractivity contribution in [3.63, 3.8) is 0 Å². The largest absolute Gasteiger partial charge is 0.741 e. The first-order valence-electron chi connectivity index (χ1n) is 8.13. The van der Waals surface area contributed by atoms with Gasteiger partial charge >= 0.3 is 5.51 Å². The lowest BCUT2D eigenvalue weighted by atomic mass is 10.1. The number of alkyl halides is 3. The Balaban J connectivity index is 0.000000561. The van der Waals surface area contributed by atoms with E-state index in [4.69, 9.17) is 13.0 Å². The van der Waals surface area contributed by atoms with E-state index in [-0.39, 0.29) is 0 Å². The number of halogens is 3. The van der Waals surface area contributed by atoms with Gasteiger partial charge in [-0.15, -0.1) is 0 Å². The second kappa shape index (κ2) is 11.5. The van der Waals surface area contributed by atoms with Gasteiger partial charge in [0.15, 0.2) is 10.1 Å². The van der Waals surface area contributed by atoms with E-state index in [1.54, 1.807) is 0 Å². The summed E-state index contributed by atoms with van der Waals surface area (Å²) in [5.74, 6) is 1.35. The summed E-state index contributed by atoms with van der Waals surface area (Å²) in [6, 6.07) is 0. The van der Waals surface area contributed by atoms with Gasteiger partial charge in [0.2, 0.25) is 0 Å². The van der Waals surface area contributed by atoms with Crippen LogP contribution in [0.2, 0.25) is 0 Å². The van der Waals surface area contributed by atoms with Crippen LogP contribution in [0.5, 0.6) is 0 Å². The normalized spacial score (nSPS) is 11.9. The van der Waals surface area contributed by atoms with E-state index in [0.717, 1.165) is 0 Å². The number of aromatic nitrogens is 2. The minimum Gasteiger partial charge on any atom is -0.741 e. The van der Waals surface area contributed by atoms with Gasteiger partial charge in [0.05, 0.1) is 7.05 Å². The number of imidazole rings is 1. The van der Waals surface area contributed by atoms with Crippen molar-refractivity contribution in [3.05, 3.63) is 18.2 Å². The first-order chi connectivity index (χ1) is 11.1. The molecule has 1 rings (SSSR count). The highest BCUT2D eigenvalue weighted by atomic mass is 32.2. The minimum absolute atomic E-state index is 1.19. The highest BCUT2D eigenvalue weighted by molar-refractivity contribution is 7.86. The Morgan fingerprint density at radius 1 is 1.08 bits per heavy atom. The minimum atomic E-state index is -6.09.